The highest BCUT2D eigenvalue weighted by atomic mass is 35.5. The van der Waals surface area contributed by atoms with Crippen LogP contribution >= 0.6 is 11.6 Å². The van der Waals surface area contributed by atoms with Crippen LogP contribution < -0.4 is 10.6 Å². The Hall–Kier alpha value is -0.930. The van der Waals surface area contributed by atoms with Gasteiger partial charge in [0.2, 0.25) is 0 Å². The van der Waals surface area contributed by atoms with E-state index in [4.69, 9.17) is 22.1 Å². The average Bonchev–Trinajstić information content (AvgIpc) is 2.50. The molecular weight excluding hydrogens is 212 g/mol. The monoisotopic (exact) mass is 226 g/mol. The number of benzene rings is 1. The van der Waals surface area contributed by atoms with E-state index in [1.54, 1.807) is 0 Å². The fourth-order valence-corrected chi connectivity index (χ4v) is 1.96. The van der Waals surface area contributed by atoms with Gasteiger partial charge in [0.05, 0.1) is 23.0 Å². The third kappa shape index (κ3) is 2.36. The van der Waals surface area contributed by atoms with E-state index in [0.717, 1.165) is 38.4 Å². The molecule has 0 saturated carbocycles. The molecule has 15 heavy (non-hydrogen) atoms. The van der Waals surface area contributed by atoms with Crippen molar-refractivity contribution in [2.75, 3.05) is 36.9 Å². The van der Waals surface area contributed by atoms with Crippen LogP contribution in [0.4, 0.5) is 11.4 Å². The Morgan fingerprint density at radius 3 is 3.00 bits per heavy atom. The first-order valence-corrected chi connectivity index (χ1v) is 5.53. The number of anilines is 2. The summed E-state index contributed by atoms with van der Waals surface area (Å²) in [5.41, 5.74) is 7.64. The normalized spacial score (nSPS) is 17.5. The van der Waals surface area contributed by atoms with Crippen molar-refractivity contribution in [2.24, 2.45) is 0 Å². The summed E-state index contributed by atoms with van der Waals surface area (Å²) in [6.07, 6.45) is 1.03. The van der Waals surface area contributed by atoms with Crippen LogP contribution in [0.3, 0.4) is 0 Å². The van der Waals surface area contributed by atoms with Crippen LogP contribution in [-0.2, 0) is 4.74 Å². The Morgan fingerprint density at radius 2 is 2.13 bits per heavy atom. The van der Waals surface area contributed by atoms with E-state index in [1.807, 2.05) is 18.2 Å². The average molecular weight is 227 g/mol. The quantitative estimate of drug-likeness (QED) is 0.746. The molecule has 0 spiro atoms. The first-order valence-electron chi connectivity index (χ1n) is 5.16. The Morgan fingerprint density at radius 1 is 1.27 bits per heavy atom. The summed E-state index contributed by atoms with van der Waals surface area (Å²) in [5.74, 6) is 0. The number of rotatable bonds is 1. The lowest BCUT2D eigenvalue weighted by Crippen LogP contribution is -2.26. The van der Waals surface area contributed by atoms with Gasteiger partial charge in [0.15, 0.2) is 0 Å². The van der Waals surface area contributed by atoms with Crippen LogP contribution in [-0.4, -0.2) is 26.3 Å². The summed E-state index contributed by atoms with van der Waals surface area (Å²) in [6.45, 7) is 3.44. The van der Waals surface area contributed by atoms with Crippen molar-refractivity contribution in [1.29, 1.82) is 0 Å². The molecule has 0 atom stereocenters. The van der Waals surface area contributed by atoms with Crippen molar-refractivity contribution in [2.45, 2.75) is 6.42 Å². The standard InChI is InChI=1S/C11H15ClN2O/c12-9-3-1-4-10(11(9)13)14-5-2-7-15-8-6-14/h1,3-4H,2,5-8,13H2. The Kier molecular flexibility index (Phi) is 3.34. The van der Waals surface area contributed by atoms with Gasteiger partial charge in [-0.3, -0.25) is 0 Å². The van der Waals surface area contributed by atoms with Crippen molar-refractivity contribution in [3.05, 3.63) is 23.2 Å². The second-order valence-corrected chi connectivity index (χ2v) is 4.03. The van der Waals surface area contributed by atoms with Crippen molar-refractivity contribution in [3.8, 4) is 0 Å². The van der Waals surface area contributed by atoms with Crippen LogP contribution in [0, 0.1) is 0 Å². The summed E-state index contributed by atoms with van der Waals surface area (Å²) in [4.78, 5) is 2.23. The lowest BCUT2D eigenvalue weighted by molar-refractivity contribution is 0.152. The first-order chi connectivity index (χ1) is 7.29. The minimum absolute atomic E-state index is 0.623. The number of nitrogen functional groups attached to an aromatic ring is 1. The van der Waals surface area contributed by atoms with Crippen LogP contribution in [0.25, 0.3) is 0 Å². The second-order valence-electron chi connectivity index (χ2n) is 3.63. The van der Waals surface area contributed by atoms with E-state index in [9.17, 15) is 0 Å². The topological polar surface area (TPSA) is 38.5 Å². The zero-order valence-corrected chi connectivity index (χ0v) is 9.33. The maximum Gasteiger partial charge on any atom is 0.0741 e. The van der Waals surface area contributed by atoms with E-state index < -0.39 is 0 Å². The summed E-state index contributed by atoms with van der Waals surface area (Å²) < 4.78 is 5.40. The van der Waals surface area contributed by atoms with Crippen LogP contribution in [0.15, 0.2) is 18.2 Å². The summed E-state index contributed by atoms with van der Waals surface area (Å²) >= 11 is 5.99. The zero-order valence-electron chi connectivity index (χ0n) is 8.58. The number of nitrogens with two attached hydrogens (primary N) is 1. The minimum atomic E-state index is 0.623. The number of ether oxygens (including phenoxy) is 1. The lowest BCUT2D eigenvalue weighted by Gasteiger charge is -2.23. The smallest absolute Gasteiger partial charge is 0.0741 e. The summed E-state index contributed by atoms with van der Waals surface area (Å²) in [6, 6.07) is 5.75. The fraction of sp³-hybridized carbons (Fsp3) is 0.455. The highest BCUT2D eigenvalue weighted by Gasteiger charge is 2.13. The molecule has 4 heteroatoms. The highest BCUT2D eigenvalue weighted by molar-refractivity contribution is 6.33. The molecule has 1 aromatic rings. The van der Waals surface area contributed by atoms with Gasteiger partial charge in [0, 0.05) is 19.7 Å². The number of hydrogen-bond acceptors (Lipinski definition) is 3. The molecule has 1 aliphatic heterocycles. The number of para-hydroxylation sites is 1. The molecule has 1 saturated heterocycles. The maximum absolute atomic E-state index is 5.99. The molecule has 82 valence electrons. The largest absolute Gasteiger partial charge is 0.396 e. The van der Waals surface area contributed by atoms with Gasteiger partial charge < -0.3 is 15.4 Å². The van der Waals surface area contributed by atoms with E-state index in [-0.39, 0.29) is 0 Å². The van der Waals surface area contributed by atoms with E-state index in [0.29, 0.717) is 10.7 Å². The first kappa shape index (κ1) is 10.6. The molecule has 0 unspecified atom stereocenters. The van der Waals surface area contributed by atoms with Gasteiger partial charge in [0.25, 0.3) is 0 Å². The van der Waals surface area contributed by atoms with E-state index >= 15 is 0 Å². The van der Waals surface area contributed by atoms with Gasteiger partial charge in [-0.25, -0.2) is 0 Å². The molecule has 1 aromatic carbocycles. The van der Waals surface area contributed by atoms with E-state index in [2.05, 4.69) is 4.90 Å². The predicted molar refractivity (Wildman–Crippen MR) is 63.5 cm³/mol. The Labute approximate surface area is 94.8 Å². The summed E-state index contributed by atoms with van der Waals surface area (Å²) in [7, 11) is 0. The van der Waals surface area contributed by atoms with Gasteiger partial charge in [-0.15, -0.1) is 0 Å². The molecule has 2 rings (SSSR count). The Balaban J connectivity index is 2.23. The lowest BCUT2D eigenvalue weighted by atomic mass is 10.2. The van der Waals surface area contributed by atoms with Crippen LogP contribution in [0.2, 0.25) is 5.02 Å². The molecule has 1 heterocycles. The van der Waals surface area contributed by atoms with Crippen molar-refractivity contribution in [3.63, 3.8) is 0 Å². The zero-order chi connectivity index (χ0) is 10.7. The SMILES string of the molecule is Nc1c(Cl)cccc1N1CCCOCC1. The van der Waals surface area contributed by atoms with Gasteiger partial charge in [-0.05, 0) is 18.6 Å². The maximum atomic E-state index is 5.99. The molecular formula is C11H15ClN2O. The molecule has 0 aromatic heterocycles. The van der Waals surface area contributed by atoms with Crippen molar-refractivity contribution >= 4 is 23.0 Å². The fourth-order valence-electron chi connectivity index (χ4n) is 1.79. The van der Waals surface area contributed by atoms with Gasteiger partial charge >= 0.3 is 0 Å². The van der Waals surface area contributed by atoms with Crippen molar-refractivity contribution in [1.82, 2.24) is 0 Å². The highest BCUT2D eigenvalue weighted by Crippen LogP contribution is 2.30. The summed E-state index contributed by atoms with van der Waals surface area (Å²) in [5, 5.41) is 0.623. The molecule has 0 aliphatic carbocycles. The minimum Gasteiger partial charge on any atom is -0.396 e. The molecule has 0 radical (unpaired) electrons. The molecule has 1 fully saturated rings. The van der Waals surface area contributed by atoms with Gasteiger partial charge in [-0.1, -0.05) is 17.7 Å². The van der Waals surface area contributed by atoms with E-state index in [1.165, 1.54) is 0 Å². The molecule has 1 aliphatic rings. The molecule has 2 N–H and O–H groups in total. The van der Waals surface area contributed by atoms with Crippen LogP contribution in [0.5, 0.6) is 0 Å². The molecule has 0 amide bonds. The molecule has 3 nitrogen and oxygen atoms in total. The third-order valence-electron chi connectivity index (χ3n) is 2.59. The molecule has 0 bridgehead atoms. The van der Waals surface area contributed by atoms with Crippen molar-refractivity contribution < 1.29 is 4.74 Å². The van der Waals surface area contributed by atoms with Crippen LogP contribution in [0.1, 0.15) is 6.42 Å². The Bertz CT molecular complexity index is 335. The van der Waals surface area contributed by atoms with Gasteiger partial charge in [-0.2, -0.15) is 0 Å². The predicted octanol–water partition coefficient (Wildman–Crippen LogP) is 2.15. The number of hydrogen-bond donors (Lipinski definition) is 1. The number of nitrogens with zero attached hydrogens (tertiary/aromatic N) is 1. The van der Waals surface area contributed by atoms with Gasteiger partial charge in [0.1, 0.15) is 0 Å². The second kappa shape index (κ2) is 4.73. The number of halogens is 1. The third-order valence-corrected chi connectivity index (χ3v) is 2.92.